The van der Waals surface area contributed by atoms with Crippen LogP contribution < -0.4 is 0 Å². The van der Waals surface area contributed by atoms with Gasteiger partial charge in [0.05, 0.1) is 5.69 Å². The van der Waals surface area contributed by atoms with Gasteiger partial charge in [0, 0.05) is 23.4 Å². The van der Waals surface area contributed by atoms with Gasteiger partial charge in [0.1, 0.15) is 5.76 Å². The normalized spacial score (nSPS) is 19.1. The van der Waals surface area contributed by atoms with Crippen molar-refractivity contribution in [3.05, 3.63) is 17.5 Å². The quantitative estimate of drug-likeness (QED) is 0.787. The second-order valence-corrected chi connectivity index (χ2v) is 6.34. The number of nitrogens with zero attached hydrogens (tertiary/aromatic N) is 2. The van der Waals surface area contributed by atoms with Crippen LogP contribution in [0.1, 0.15) is 45.1 Å². The Labute approximate surface area is 97.8 Å². The van der Waals surface area contributed by atoms with E-state index in [0.29, 0.717) is 0 Å². The summed E-state index contributed by atoms with van der Waals surface area (Å²) in [4.78, 5) is 2.23. The summed E-state index contributed by atoms with van der Waals surface area (Å²) in [6, 6.07) is 2.15. The molecule has 1 aliphatic carbocycles. The molecule has 0 radical (unpaired) electrons. The maximum Gasteiger partial charge on any atom is 0.142 e. The van der Waals surface area contributed by atoms with Crippen molar-refractivity contribution in [2.45, 2.75) is 44.4 Å². The lowest BCUT2D eigenvalue weighted by Gasteiger charge is -2.17. The fourth-order valence-corrected chi connectivity index (χ4v) is 2.13. The van der Waals surface area contributed by atoms with Crippen LogP contribution in [0.4, 0.5) is 0 Å². The lowest BCUT2D eigenvalue weighted by atomic mass is 9.91. The fourth-order valence-electron chi connectivity index (χ4n) is 2.13. The molecule has 1 saturated carbocycles. The molecule has 0 unspecified atom stereocenters. The van der Waals surface area contributed by atoms with Gasteiger partial charge in [-0.15, -0.1) is 0 Å². The third-order valence-electron chi connectivity index (χ3n) is 3.27. The maximum absolute atomic E-state index is 5.47. The summed E-state index contributed by atoms with van der Waals surface area (Å²) in [5, 5.41) is 4.27. The summed E-state index contributed by atoms with van der Waals surface area (Å²) in [6.07, 6.45) is 2.47. The third-order valence-corrected chi connectivity index (χ3v) is 3.27. The molecular weight excluding hydrogens is 200 g/mol. The molecular formula is C13H22N2O. The van der Waals surface area contributed by atoms with Gasteiger partial charge in [0.15, 0.2) is 0 Å². The summed E-state index contributed by atoms with van der Waals surface area (Å²) in [5.74, 6) is 0.993. The topological polar surface area (TPSA) is 29.3 Å². The smallest absolute Gasteiger partial charge is 0.142 e. The second kappa shape index (κ2) is 3.59. The van der Waals surface area contributed by atoms with Crippen molar-refractivity contribution in [3.8, 4) is 0 Å². The van der Waals surface area contributed by atoms with Gasteiger partial charge >= 0.3 is 0 Å². The Morgan fingerprint density at radius 1 is 1.38 bits per heavy atom. The maximum atomic E-state index is 5.47. The Bertz CT molecular complexity index is 370. The third kappa shape index (κ3) is 2.14. The molecule has 0 bridgehead atoms. The Balaban J connectivity index is 2.19. The molecule has 3 nitrogen and oxygen atoms in total. The lowest BCUT2D eigenvalue weighted by Crippen LogP contribution is -2.26. The number of rotatable bonds is 3. The molecule has 0 aromatic carbocycles. The standard InChI is InChI=1S/C13H22N2O/c1-12(2,3)11-8-10(14-16-11)13(6-7-13)9-15(4)5/h8H,6-7,9H2,1-5H3. The average Bonchev–Trinajstić information content (AvgIpc) is 2.73. The van der Waals surface area contributed by atoms with E-state index in [9.17, 15) is 0 Å². The van der Waals surface area contributed by atoms with Crippen molar-refractivity contribution in [2.75, 3.05) is 20.6 Å². The molecule has 90 valence electrons. The van der Waals surface area contributed by atoms with Crippen LogP contribution in [0, 0.1) is 0 Å². The predicted octanol–water partition coefficient (Wildman–Crippen LogP) is 2.57. The van der Waals surface area contributed by atoms with Crippen LogP contribution in [0.5, 0.6) is 0 Å². The Hall–Kier alpha value is -0.830. The Kier molecular flexibility index (Phi) is 2.61. The zero-order valence-electron chi connectivity index (χ0n) is 11.0. The lowest BCUT2D eigenvalue weighted by molar-refractivity contribution is 0.311. The van der Waals surface area contributed by atoms with Gasteiger partial charge < -0.3 is 9.42 Å². The summed E-state index contributed by atoms with van der Waals surface area (Å²) >= 11 is 0. The van der Waals surface area contributed by atoms with Crippen LogP contribution in [0.15, 0.2) is 10.6 Å². The Morgan fingerprint density at radius 3 is 2.38 bits per heavy atom. The average molecular weight is 222 g/mol. The SMILES string of the molecule is CN(C)CC1(c2cc(C(C)(C)C)on2)CC1. The van der Waals surface area contributed by atoms with Gasteiger partial charge in [-0.3, -0.25) is 0 Å². The first-order chi connectivity index (χ1) is 7.33. The van der Waals surface area contributed by atoms with Crippen LogP contribution >= 0.6 is 0 Å². The number of likely N-dealkylation sites (N-methyl/N-ethyl adjacent to an activating group) is 1. The van der Waals surface area contributed by atoms with E-state index in [-0.39, 0.29) is 10.8 Å². The largest absolute Gasteiger partial charge is 0.361 e. The van der Waals surface area contributed by atoms with E-state index >= 15 is 0 Å². The van der Waals surface area contributed by atoms with Crippen molar-refractivity contribution >= 4 is 0 Å². The highest BCUT2D eigenvalue weighted by atomic mass is 16.5. The molecule has 0 saturated heterocycles. The number of hydrogen-bond donors (Lipinski definition) is 0. The molecule has 0 atom stereocenters. The summed E-state index contributed by atoms with van der Waals surface area (Å²) < 4.78 is 5.47. The molecule has 1 aromatic heterocycles. The first-order valence-corrected chi connectivity index (χ1v) is 5.96. The van der Waals surface area contributed by atoms with Crippen LogP contribution in [0.3, 0.4) is 0 Å². The van der Waals surface area contributed by atoms with E-state index in [1.165, 1.54) is 12.8 Å². The van der Waals surface area contributed by atoms with Crippen molar-refractivity contribution in [1.29, 1.82) is 0 Å². The van der Waals surface area contributed by atoms with E-state index in [1.54, 1.807) is 0 Å². The van der Waals surface area contributed by atoms with E-state index in [2.05, 4.69) is 51.0 Å². The molecule has 16 heavy (non-hydrogen) atoms. The monoisotopic (exact) mass is 222 g/mol. The molecule has 1 aliphatic rings. The van der Waals surface area contributed by atoms with Gasteiger partial charge in [-0.2, -0.15) is 0 Å². The van der Waals surface area contributed by atoms with E-state index in [0.717, 1.165) is 18.0 Å². The highest BCUT2D eigenvalue weighted by molar-refractivity contribution is 5.27. The van der Waals surface area contributed by atoms with Crippen molar-refractivity contribution < 1.29 is 4.52 Å². The van der Waals surface area contributed by atoms with Crippen molar-refractivity contribution in [2.24, 2.45) is 0 Å². The van der Waals surface area contributed by atoms with Gasteiger partial charge in [0.2, 0.25) is 0 Å². The Morgan fingerprint density at radius 2 is 2.00 bits per heavy atom. The molecule has 2 rings (SSSR count). The second-order valence-electron chi connectivity index (χ2n) is 6.34. The minimum absolute atomic E-state index is 0.0550. The van der Waals surface area contributed by atoms with Gasteiger partial charge in [-0.1, -0.05) is 25.9 Å². The van der Waals surface area contributed by atoms with Crippen LogP contribution in [0.25, 0.3) is 0 Å². The van der Waals surface area contributed by atoms with Crippen LogP contribution in [-0.2, 0) is 10.8 Å². The summed E-state index contributed by atoms with van der Waals surface area (Å²) in [6.45, 7) is 7.54. The highest BCUT2D eigenvalue weighted by Crippen LogP contribution is 2.48. The molecule has 1 fully saturated rings. The first kappa shape index (κ1) is 11.6. The summed E-state index contributed by atoms with van der Waals surface area (Å²) in [7, 11) is 4.23. The van der Waals surface area contributed by atoms with Gasteiger partial charge in [-0.05, 0) is 26.9 Å². The van der Waals surface area contributed by atoms with Crippen molar-refractivity contribution in [1.82, 2.24) is 10.1 Å². The minimum Gasteiger partial charge on any atom is -0.361 e. The molecule has 3 heteroatoms. The van der Waals surface area contributed by atoms with Crippen LogP contribution in [-0.4, -0.2) is 30.7 Å². The highest BCUT2D eigenvalue weighted by Gasteiger charge is 2.47. The fraction of sp³-hybridized carbons (Fsp3) is 0.769. The molecule has 0 N–H and O–H groups in total. The zero-order chi connectivity index (χ0) is 12.0. The van der Waals surface area contributed by atoms with E-state index in [4.69, 9.17) is 4.52 Å². The molecule has 0 amide bonds. The van der Waals surface area contributed by atoms with Crippen molar-refractivity contribution in [3.63, 3.8) is 0 Å². The van der Waals surface area contributed by atoms with Crippen LogP contribution in [0.2, 0.25) is 0 Å². The molecule has 1 aromatic rings. The predicted molar refractivity (Wildman–Crippen MR) is 64.7 cm³/mol. The van der Waals surface area contributed by atoms with Gasteiger partial charge in [-0.25, -0.2) is 0 Å². The molecule has 1 heterocycles. The minimum atomic E-state index is 0.0550. The van der Waals surface area contributed by atoms with Gasteiger partial charge in [0.25, 0.3) is 0 Å². The zero-order valence-corrected chi connectivity index (χ0v) is 11.0. The molecule has 0 spiro atoms. The van der Waals surface area contributed by atoms with E-state index in [1.807, 2.05) is 0 Å². The molecule has 0 aliphatic heterocycles. The summed E-state index contributed by atoms with van der Waals surface area (Å²) in [5.41, 5.74) is 1.47. The first-order valence-electron chi connectivity index (χ1n) is 5.96. The number of hydrogen-bond acceptors (Lipinski definition) is 3. The number of aromatic nitrogens is 1. The van der Waals surface area contributed by atoms with E-state index < -0.39 is 0 Å².